The van der Waals surface area contributed by atoms with Gasteiger partial charge in [-0.3, -0.25) is 0 Å². The van der Waals surface area contributed by atoms with Crippen LogP contribution in [-0.4, -0.2) is 16.0 Å². The smallest absolute Gasteiger partial charge is 0.225 e. The van der Waals surface area contributed by atoms with Crippen molar-refractivity contribution in [2.24, 2.45) is 0 Å². The summed E-state index contributed by atoms with van der Waals surface area (Å²) in [5.74, 6) is 2.40. The summed E-state index contributed by atoms with van der Waals surface area (Å²) < 4.78 is 5.35. The van der Waals surface area contributed by atoms with Crippen LogP contribution in [0.3, 0.4) is 0 Å². The lowest BCUT2D eigenvalue weighted by Crippen LogP contribution is -2.31. The van der Waals surface area contributed by atoms with Crippen molar-refractivity contribution >= 4 is 11.8 Å². The Bertz CT molecular complexity index is 785. The number of rotatable bonds is 7. The Morgan fingerprint density at radius 3 is 2.56 bits per heavy atom. The van der Waals surface area contributed by atoms with Gasteiger partial charge in [0.2, 0.25) is 5.95 Å². The maximum absolute atomic E-state index is 5.35. The molecule has 0 saturated heterocycles. The molecular formula is C20H24N4O. The molecule has 0 radical (unpaired) electrons. The molecule has 1 aromatic carbocycles. The van der Waals surface area contributed by atoms with Gasteiger partial charge in [-0.25, -0.2) is 4.98 Å². The summed E-state index contributed by atoms with van der Waals surface area (Å²) >= 11 is 0. The van der Waals surface area contributed by atoms with Crippen molar-refractivity contribution in [1.82, 2.24) is 9.97 Å². The standard InChI is InChI=1S/C20H24N4O/c1-15(2)24(14-17-8-5-4-6-9-17)19-12-16(3)22-20(23-19)21-13-18-10-7-11-25-18/h4-12,15H,13-14H2,1-3H3,(H,21,22,23). The number of hydrogen-bond donors (Lipinski definition) is 1. The van der Waals surface area contributed by atoms with E-state index in [1.165, 1.54) is 5.56 Å². The largest absolute Gasteiger partial charge is 0.467 e. The van der Waals surface area contributed by atoms with Crippen LogP contribution in [0, 0.1) is 6.92 Å². The number of anilines is 2. The van der Waals surface area contributed by atoms with E-state index in [2.05, 4.69) is 53.3 Å². The maximum atomic E-state index is 5.35. The van der Waals surface area contributed by atoms with Crippen LogP contribution in [-0.2, 0) is 13.1 Å². The van der Waals surface area contributed by atoms with Crippen molar-refractivity contribution in [3.8, 4) is 0 Å². The zero-order chi connectivity index (χ0) is 17.6. The molecule has 3 aromatic rings. The number of nitrogens with zero attached hydrogens (tertiary/aromatic N) is 3. The van der Waals surface area contributed by atoms with E-state index in [1.807, 2.05) is 31.2 Å². The Hall–Kier alpha value is -2.82. The number of benzene rings is 1. The molecule has 3 rings (SSSR count). The number of aryl methyl sites for hydroxylation is 1. The minimum atomic E-state index is 0.326. The Balaban J connectivity index is 1.80. The number of hydrogen-bond acceptors (Lipinski definition) is 5. The third-order valence-corrected chi connectivity index (χ3v) is 3.95. The molecule has 25 heavy (non-hydrogen) atoms. The van der Waals surface area contributed by atoms with Gasteiger partial charge < -0.3 is 14.6 Å². The van der Waals surface area contributed by atoms with Gasteiger partial charge in [0.05, 0.1) is 12.8 Å². The van der Waals surface area contributed by atoms with Gasteiger partial charge in [0.15, 0.2) is 0 Å². The van der Waals surface area contributed by atoms with Crippen molar-refractivity contribution in [2.45, 2.75) is 39.9 Å². The lowest BCUT2D eigenvalue weighted by atomic mass is 10.2. The molecule has 5 heteroatoms. The van der Waals surface area contributed by atoms with Crippen LogP contribution < -0.4 is 10.2 Å². The van der Waals surface area contributed by atoms with Crippen molar-refractivity contribution in [3.63, 3.8) is 0 Å². The van der Waals surface area contributed by atoms with Crippen LogP contribution >= 0.6 is 0 Å². The average Bonchev–Trinajstić information content (AvgIpc) is 3.11. The predicted molar refractivity (Wildman–Crippen MR) is 101 cm³/mol. The molecular weight excluding hydrogens is 312 g/mol. The highest BCUT2D eigenvalue weighted by Crippen LogP contribution is 2.20. The number of nitrogens with one attached hydrogen (secondary N) is 1. The predicted octanol–water partition coefficient (Wildman–Crippen LogP) is 4.41. The Labute approximate surface area is 148 Å². The fourth-order valence-corrected chi connectivity index (χ4v) is 2.67. The monoisotopic (exact) mass is 336 g/mol. The first-order chi connectivity index (χ1) is 12.1. The van der Waals surface area contributed by atoms with E-state index in [0.717, 1.165) is 23.8 Å². The topological polar surface area (TPSA) is 54.2 Å². The highest BCUT2D eigenvalue weighted by Gasteiger charge is 2.15. The van der Waals surface area contributed by atoms with Crippen LogP contribution in [0.25, 0.3) is 0 Å². The molecule has 0 saturated carbocycles. The van der Waals surface area contributed by atoms with Crippen molar-refractivity contribution in [1.29, 1.82) is 0 Å². The number of furan rings is 1. The second-order valence-electron chi connectivity index (χ2n) is 6.33. The van der Waals surface area contributed by atoms with Gasteiger partial charge in [-0.05, 0) is 38.5 Å². The first kappa shape index (κ1) is 17.0. The van der Waals surface area contributed by atoms with Crippen LogP contribution in [0.1, 0.15) is 30.9 Å². The third kappa shape index (κ3) is 4.59. The highest BCUT2D eigenvalue weighted by molar-refractivity contribution is 5.46. The van der Waals surface area contributed by atoms with Crippen LogP contribution in [0.2, 0.25) is 0 Å². The summed E-state index contributed by atoms with van der Waals surface area (Å²) in [4.78, 5) is 11.5. The lowest BCUT2D eigenvalue weighted by molar-refractivity contribution is 0.517. The molecule has 0 bridgehead atoms. The molecule has 130 valence electrons. The summed E-state index contributed by atoms with van der Waals surface area (Å²) in [6.45, 7) is 7.72. The maximum Gasteiger partial charge on any atom is 0.225 e. The molecule has 1 N–H and O–H groups in total. The van der Waals surface area contributed by atoms with E-state index in [9.17, 15) is 0 Å². The van der Waals surface area contributed by atoms with Crippen molar-refractivity contribution in [3.05, 3.63) is 71.8 Å². The molecule has 0 unspecified atom stereocenters. The molecule has 2 aromatic heterocycles. The van der Waals surface area contributed by atoms with Gasteiger partial charge in [0.25, 0.3) is 0 Å². The molecule has 2 heterocycles. The van der Waals surface area contributed by atoms with E-state index in [0.29, 0.717) is 18.5 Å². The summed E-state index contributed by atoms with van der Waals surface area (Å²) in [5, 5.41) is 3.24. The Morgan fingerprint density at radius 2 is 1.88 bits per heavy atom. The molecule has 0 aliphatic heterocycles. The first-order valence-corrected chi connectivity index (χ1v) is 8.54. The summed E-state index contributed by atoms with van der Waals surface area (Å²) in [7, 11) is 0. The minimum Gasteiger partial charge on any atom is -0.467 e. The summed E-state index contributed by atoms with van der Waals surface area (Å²) in [6, 6.07) is 16.6. The minimum absolute atomic E-state index is 0.326. The van der Waals surface area contributed by atoms with Crippen molar-refractivity contribution in [2.75, 3.05) is 10.2 Å². The molecule has 0 amide bonds. The second-order valence-corrected chi connectivity index (χ2v) is 6.33. The van der Waals surface area contributed by atoms with Gasteiger partial charge >= 0.3 is 0 Å². The molecule has 0 spiro atoms. The van der Waals surface area contributed by atoms with Gasteiger partial charge in [0.1, 0.15) is 11.6 Å². The van der Waals surface area contributed by atoms with Crippen LogP contribution in [0.4, 0.5) is 11.8 Å². The molecule has 0 aliphatic carbocycles. The van der Waals surface area contributed by atoms with E-state index in [4.69, 9.17) is 9.40 Å². The summed E-state index contributed by atoms with van der Waals surface area (Å²) in [5.41, 5.74) is 2.20. The van der Waals surface area contributed by atoms with Crippen molar-refractivity contribution < 1.29 is 4.42 Å². The Morgan fingerprint density at radius 1 is 1.08 bits per heavy atom. The summed E-state index contributed by atoms with van der Waals surface area (Å²) in [6.07, 6.45) is 1.67. The van der Waals surface area contributed by atoms with Gasteiger partial charge in [-0.15, -0.1) is 0 Å². The fourth-order valence-electron chi connectivity index (χ4n) is 2.67. The zero-order valence-electron chi connectivity index (χ0n) is 14.9. The lowest BCUT2D eigenvalue weighted by Gasteiger charge is -2.28. The zero-order valence-corrected chi connectivity index (χ0v) is 14.9. The van der Waals surface area contributed by atoms with E-state index in [1.54, 1.807) is 6.26 Å². The Kier molecular flexibility index (Phi) is 5.33. The van der Waals surface area contributed by atoms with E-state index < -0.39 is 0 Å². The SMILES string of the molecule is Cc1cc(N(Cc2ccccc2)C(C)C)nc(NCc2ccco2)n1. The molecule has 0 fully saturated rings. The highest BCUT2D eigenvalue weighted by atomic mass is 16.3. The fraction of sp³-hybridized carbons (Fsp3) is 0.300. The third-order valence-electron chi connectivity index (χ3n) is 3.95. The van der Waals surface area contributed by atoms with E-state index >= 15 is 0 Å². The quantitative estimate of drug-likeness (QED) is 0.693. The van der Waals surface area contributed by atoms with Gasteiger partial charge in [-0.2, -0.15) is 4.98 Å². The molecule has 5 nitrogen and oxygen atoms in total. The van der Waals surface area contributed by atoms with Gasteiger partial charge in [0, 0.05) is 24.3 Å². The first-order valence-electron chi connectivity index (χ1n) is 8.54. The van der Waals surface area contributed by atoms with Crippen LogP contribution in [0.5, 0.6) is 0 Å². The van der Waals surface area contributed by atoms with Gasteiger partial charge in [-0.1, -0.05) is 30.3 Å². The normalized spacial score (nSPS) is 10.9. The number of aromatic nitrogens is 2. The van der Waals surface area contributed by atoms with Crippen LogP contribution in [0.15, 0.2) is 59.2 Å². The molecule has 0 atom stereocenters. The average molecular weight is 336 g/mol. The molecule has 0 aliphatic rings. The van der Waals surface area contributed by atoms with E-state index in [-0.39, 0.29) is 0 Å². The second kappa shape index (κ2) is 7.83.